The second-order valence-electron chi connectivity index (χ2n) is 6.98. The van der Waals surface area contributed by atoms with Crippen molar-refractivity contribution in [2.24, 2.45) is 0 Å². The highest BCUT2D eigenvalue weighted by molar-refractivity contribution is 6.05. The Kier molecular flexibility index (Phi) is 7.46. The number of carbonyl (C=O) groups excluding carboxylic acids is 1. The molecule has 0 aromatic heterocycles. The molecule has 0 saturated carbocycles. The van der Waals surface area contributed by atoms with Crippen LogP contribution in [0.2, 0.25) is 0 Å². The number of anilines is 1. The van der Waals surface area contributed by atoms with Gasteiger partial charge in [0, 0.05) is 17.8 Å². The highest BCUT2D eigenvalue weighted by Crippen LogP contribution is 2.24. The highest BCUT2D eigenvalue weighted by atomic mass is 16.5. The minimum absolute atomic E-state index is 0.188. The first-order valence-electron chi connectivity index (χ1n) is 10.2. The van der Waals surface area contributed by atoms with Gasteiger partial charge in [0.2, 0.25) is 0 Å². The fraction of sp³-hybridized carbons (Fsp3) is 0.240. The van der Waals surface area contributed by atoms with E-state index in [9.17, 15) is 9.90 Å². The zero-order valence-corrected chi connectivity index (χ0v) is 17.5. The predicted octanol–water partition coefficient (Wildman–Crippen LogP) is 5.03. The van der Waals surface area contributed by atoms with E-state index in [-0.39, 0.29) is 11.7 Å². The molecule has 156 valence electrons. The summed E-state index contributed by atoms with van der Waals surface area (Å²) in [6.07, 6.45) is 0. The van der Waals surface area contributed by atoms with E-state index in [2.05, 4.69) is 24.1 Å². The number of likely N-dealkylation sites (N-methyl/N-ethyl adjacent to an activating group) is 1. The van der Waals surface area contributed by atoms with E-state index < -0.39 is 0 Å². The second kappa shape index (κ2) is 10.5. The molecule has 0 bridgehead atoms. The average molecular weight is 405 g/mol. The fourth-order valence-corrected chi connectivity index (χ4v) is 3.20. The molecule has 0 saturated heterocycles. The van der Waals surface area contributed by atoms with Gasteiger partial charge in [0.25, 0.3) is 5.91 Å². The monoisotopic (exact) mass is 404 g/mol. The van der Waals surface area contributed by atoms with Crippen LogP contribution >= 0.6 is 0 Å². The largest absolute Gasteiger partial charge is 0.508 e. The number of hydrogen-bond donors (Lipinski definition) is 2. The molecule has 0 spiro atoms. The summed E-state index contributed by atoms with van der Waals surface area (Å²) in [5, 5.41) is 12.6. The van der Waals surface area contributed by atoms with Crippen molar-refractivity contribution < 1.29 is 14.6 Å². The van der Waals surface area contributed by atoms with Gasteiger partial charge in [-0.05, 0) is 72.7 Å². The van der Waals surface area contributed by atoms with Gasteiger partial charge in [-0.2, -0.15) is 0 Å². The summed E-state index contributed by atoms with van der Waals surface area (Å²) in [5.41, 5.74) is 2.99. The standard InChI is InChI=1S/C25H28N2O3/c1-3-27(4-2)15-16-30-24-13-11-22(12-14-24)26-25(29)21-9-5-7-19(17-21)20-8-6-10-23(28)18-20/h5-14,17-18,28H,3-4,15-16H2,1-2H3,(H,26,29). The lowest BCUT2D eigenvalue weighted by Gasteiger charge is -2.18. The molecule has 0 fully saturated rings. The van der Waals surface area contributed by atoms with Crippen molar-refractivity contribution in [1.82, 2.24) is 4.90 Å². The van der Waals surface area contributed by atoms with E-state index in [4.69, 9.17) is 4.74 Å². The van der Waals surface area contributed by atoms with Gasteiger partial charge in [0.1, 0.15) is 18.1 Å². The Morgan fingerprint density at radius 2 is 1.60 bits per heavy atom. The van der Waals surface area contributed by atoms with Gasteiger partial charge < -0.3 is 20.1 Å². The van der Waals surface area contributed by atoms with Crippen LogP contribution in [0.15, 0.2) is 72.8 Å². The molecule has 5 heteroatoms. The van der Waals surface area contributed by atoms with E-state index in [1.165, 1.54) is 0 Å². The van der Waals surface area contributed by atoms with Gasteiger partial charge in [0.15, 0.2) is 0 Å². The van der Waals surface area contributed by atoms with Crippen molar-refractivity contribution >= 4 is 11.6 Å². The lowest BCUT2D eigenvalue weighted by molar-refractivity contribution is 0.102. The van der Waals surface area contributed by atoms with Crippen LogP contribution in [0.4, 0.5) is 5.69 Å². The van der Waals surface area contributed by atoms with Crippen LogP contribution in [-0.2, 0) is 0 Å². The summed E-state index contributed by atoms with van der Waals surface area (Å²) in [6, 6.07) is 21.7. The molecule has 0 unspecified atom stereocenters. The van der Waals surface area contributed by atoms with Crippen molar-refractivity contribution in [3.8, 4) is 22.6 Å². The lowest BCUT2D eigenvalue weighted by Crippen LogP contribution is -2.27. The Morgan fingerprint density at radius 3 is 2.27 bits per heavy atom. The van der Waals surface area contributed by atoms with E-state index in [1.807, 2.05) is 48.5 Å². The Morgan fingerprint density at radius 1 is 0.933 bits per heavy atom. The summed E-state index contributed by atoms with van der Waals surface area (Å²) in [5.74, 6) is 0.792. The maximum absolute atomic E-state index is 12.7. The molecular weight excluding hydrogens is 376 g/mol. The van der Waals surface area contributed by atoms with Gasteiger partial charge in [-0.15, -0.1) is 0 Å². The molecule has 0 aliphatic rings. The quantitative estimate of drug-likeness (QED) is 0.525. The average Bonchev–Trinajstić information content (AvgIpc) is 2.78. The number of rotatable bonds is 9. The molecule has 0 heterocycles. The Balaban J connectivity index is 1.60. The van der Waals surface area contributed by atoms with E-state index in [0.29, 0.717) is 17.9 Å². The number of benzene rings is 3. The molecule has 0 aliphatic carbocycles. The van der Waals surface area contributed by atoms with Gasteiger partial charge in [-0.25, -0.2) is 0 Å². The third-order valence-electron chi connectivity index (χ3n) is 4.99. The first kappa shape index (κ1) is 21.4. The molecular formula is C25H28N2O3. The van der Waals surface area contributed by atoms with E-state index >= 15 is 0 Å². The fourth-order valence-electron chi connectivity index (χ4n) is 3.20. The van der Waals surface area contributed by atoms with Crippen molar-refractivity contribution in [1.29, 1.82) is 0 Å². The van der Waals surface area contributed by atoms with E-state index in [1.54, 1.807) is 24.3 Å². The van der Waals surface area contributed by atoms with E-state index in [0.717, 1.165) is 36.5 Å². The molecule has 3 rings (SSSR count). The van der Waals surface area contributed by atoms with Crippen molar-refractivity contribution in [2.75, 3.05) is 31.6 Å². The van der Waals surface area contributed by atoms with Gasteiger partial charge in [0.05, 0.1) is 0 Å². The summed E-state index contributed by atoms with van der Waals surface area (Å²) < 4.78 is 5.78. The molecule has 3 aromatic rings. The van der Waals surface area contributed by atoms with Crippen molar-refractivity contribution in [2.45, 2.75) is 13.8 Å². The molecule has 0 atom stereocenters. The predicted molar refractivity (Wildman–Crippen MR) is 121 cm³/mol. The number of ether oxygens (including phenoxy) is 1. The van der Waals surface area contributed by atoms with Crippen LogP contribution in [-0.4, -0.2) is 42.2 Å². The van der Waals surface area contributed by atoms with Gasteiger partial charge >= 0.3 is 0 Å². The topological polar surface area (TPSA) is 61.8 Å². The zero-order chi connectivity index (χ0) is 21.3. The number of nitrogens with one attached hydrogen (secondary N) is 1. The van der Waals surface area contributed by atoms with Crippen LogP contribution in [0.5, 0.6) is 11.5 Å². The third-order valence-corrected chi connectivity index (χ3v) is 4.99. The summed E-state index contributed by atoms with van der Waals surface area (Å²) in [4.78, 5) is 15.0. The van der Waals surface area contributed by atoms with Crippen molar-refractivity contribution in [3.63, 3.8) is 0 Å². The first-order chi connectivity index (χ1) is 14.6. The lowest BCUT2D eigenvalue weighted by atomic mass is 10.0. The van der Waals surface area contributed by atoms with Crippen LogP contribution < -0.4 is 10.1 Å². The van der Waals surface area contributed by atoms with Crippen LogP contribution in [0.25, 0.3) is 11.1 Å². The SMILES string of the molecule is CCN(CC)CCOc1ccc(NC(=O)c2cccc(-c3cccc(O)c3)c2)cc1. The molecule has 1 amide bonds. The highest BCUT2D eigenvalue weighted by Gasteiger charge is 2.08. The van der Waals surface area contributed by atoms with Crippen LogP contribution in [0.3, 0.4) is 0 Å². The Bertz CT molecular complexity index is 966. The number of hydrogen-bond acceptors (Lipinski definition) is 4. The third kappa shape index (κ3) is 5.84. The number of carbonyl (C=O) groups is 1. The molecule has 2 N–H and O–H groups in total. The van der Waals surface area contributed by atoms with Crippen LogP contribution in [0.1, 0.15) is 24.2 Å². The number of nitrogens with zero attached hydrogens (tertiary/aromatic N) is 1. The van der Waals surface area contributed by atoms with Gasteiger partial charge in [-0.3, -0.25) is 4.79 Å². The number of phenols is 1. The number of phenolic OH excluding ortho intramolecular Hbond substituents is 1. The smallest absolute Gasteiger partial charge is 0.255 e. The Labute approximate surface area is 177 Å². The maximum atomic E-state index is 12.7. The molecule has 0 aliphatic heterocycles. The van der Waals surface area contributed by atoms with Crippen LogP contribution in [0, 0.1) is 0 Å². The molecule has 5 nitrogen and oxygen atoms in total. The molecule has 30 heavy (non-hydrogen) atoms. The normalized spacial score (nSPS) is 10.8. The number of amides is 1. The Hall–Kier alpha value is -3.31. The van der Waals surface area contributed by atoms with Gasteiger partial charge in [-0.1, -0.05) is 38.1 Å². The minimum atomic E-state index is -0.188. The molecule has 3 aromatic carbocycles. The summed E-state index contributed by atoms with van der Waals surface area (Å²) in [7, 11) is 0. The second-order valence-corrected chi connectivity index (χ2v) is 6.98. The number of aromatic hydroxyl groups is 1. The zero-order valence-electron chi connectivity index (χ0n) is 17.5. The summed E-state index contributed by atoms with van der Waals surface area (Å²) >= 11 is 0. The molecule has 0 radical (unpaired) electrons. The minimum Gasteiger partial charge on any atom is -0.508 e. The first-order valence-corrected chi connectivity index (χ1v) is 10.2. The maximum Gasteiger partial charge on any atom is 0.255 e. The summed E-state index contributed by atoms with van der Waals surface area (Å²) in [6.45, 7) is 7.83. The van der Waals surface area contributed by atoms with Crippen molar-refractivity contribution in [3.05, 3.63) is 78.4 Å².